The van der Waals surface area contributed by atoms with Gasteiger partial charge in [-0.2, -0.15) is 0 Å². The number of amides is 2. The standard InChI is InChI=1S/C29H33F2N5O4/c1-4-5-11-40-29(38)36(3)10-12-39-26-25(33-16-34-27(26)32)22-14-20(30)15-24(17(22)2)35-28(37)21-9-8-19(13-23(21)31)18-6-7-18/h8-9,13-16,18H,4-7,10-12H2,1-3H3,(H,35,37)(H2,32,33,34). The zero-order valence-electron chi connectivity index (χ0n) is 22.8. The van der Waals surface area contributed by atoms with E-state index in [-0.39, 0.29) is 41.7 Å². The second-order valence-electron chi connectivity index (χ2n) is 9.77. The van der Waals surface area contributed by atoms with Gasteiger partial charge in [0.15, 0.2) is 11.6 Å². The van der Waals surface area contributed by atoms with Gasteiger partial charge in [0.1, 0.15) is 30.3 Å². The van der Waals surface area contributed by atoms with Gasteiger partial charge in [0.05, 0.1) is 18.7 Å². The average Bonchev–Trinajstić information content (AvgIpc) is 3.77. The average molecular weight is 554 g/mol. The second-order valence-corrected chi connectivity index (χ2v) is 9.77. The summed E-state index contributed by atoms with van der Waals surface area (Å²) in [5, 5.41) is 2.62. The lowest BCUT2D eigenvalue weighted by Crippen LogP contribution is -2.31. The number of nitrogens with two attached hydrogens (primary N) is 1. The summed E-state index contributed by atoms with van der Waals surface area (Å²) in [6.45, 7) is 4.23. The molecule has 3 N–H and O–H groups in total. The van der Waals surface area contributed by atoms with E-state index in [0.717, 1.165) is 37.3 Å². The highest BCUT2D eigenvalue weighted by Gasteiger charge is 2.25. The lowest BCUT2D eigenvalue weighted by molar-refractivity contribution is 0.102. The van der Waals surface area contributed by atoms with Gasteiger partial charge in [0.2, 0.25) is 0 Å². The number of benzene rings is 2. The second kappa shape index (κ2) is 12.7. The molecule has 2 amide bonds. The Balaban J connectivity index is 1.52. The number of nitrogens with one attached hydrogen (secondary N) is 1. The van der Waals surface area contributed by atoms with Crippen molar-refractivity contribution >= 4 is 23.5 Å². The van der Waals surface area contributed by atoms with Crippen LogP contribution in [-0.4, -0.2) is 53.7 Å². The number of likely N-dealkylation sites (N-methyl/N-ethyl adjacent to an activating group) is 1. The van der Waals surface area contributed by atoms with Crippen molar-refractivity contribution < 1.29 is 27.8 Å². The van der Waals surface area contributed by atoms with Gasteiger partial charge in [0.25, 0.3) is 5.91 Å². The molecule has 3 aromatic rings. The third kappa shape index (κ3) is 6.83. The highest BCUT2D eigenvalue weighted by Crippen LogP contribution is 2.40. The molecule has 11 heteroatoms. The van der Waals surface area contributed by atoms with Gasteiger partial charge in [-0.3, -0.25) is 4.79 Å². The molecule has 40 heavy (non-hydrogen) atoms. The van der Waals surface area contributed by atoms with E-state index in [9.17, 15) is 18.4 Å². The topological polar surface area (TPSA) is 120 Å². The van der Waals surface area contributed by atoms with Gasteiger partial charge in [-0.15, -0.1) is 0 Å². The van der Waals surface area contributed by atoms with Crippen molar-refractivity contribution in [3.05, 3.63) is 65.0 Å². The summed E-state index contributed by atoms with van der Waals surface area (Å²) in [5.41, 5.74) is 7.91. The van der Waals surface area contributed by atoms with Crippen molar-refractivity contribution in [3.8, 4) is 17.0 Å². The number of carbonyl (C=O) groups excluding carboxylic acids is 2. The first-order valence-corrected chi connectivity index (χ1v) is 13.2. The van der Waals surface area contributed by atoms with Crippen LogP contribution < -0.4 is 15.8 Å². The Bertz CT molecular complexity index is 1400. The Morgan fingerprint density at radius 1 is 1.15 bits per heavy atom. The first-order valence-electron chi connectivity index (χ1n) is 13.2. The van der Waals surface area contributed by atoms with Crippen LogP contribution in [0.4, 0.5) is 25.1 Å². The summed E-state index contributed by atoms with van der Waals surface area (Å²) in [4.78, 5) is 34.6. The summed E-state index contributed by atoms with van der Waals surface area (Å²) in [5.74, 6) is -1.52. The monoisotopic (exact) mass is 553 g/mol. The van der Waals surface area contributed by atoms with Gasteiger partial charge in [0, 0.05) is 18.3 Å². The Labute approximate surface area is 231 Å². The molecule has 0 aliphatic heterocycles. The number of aromatic nitrogens is 2. The van der Waals surface area contributed by atoms with Crippen molar-refractivity contribution in [2.24, 2.45) is 0 Å². The molecule has 0 saturated heterocycles. The Kier molecular flexibility index (Phi) is 9.13. The zero-order valence-corrected chi connectivity index (χ0v) is 22.8. The number of hydrogen-bond acceptors (Lipinski definition) is 7. The summed E-state index contributed by atoms with van der Waals surface area (Å²) in [6, 6.07) is 6.96. The van der Waals surface area contributed by atoms with E-state index in [4.69, 9.17) is 15.2 Å². The summed E-state index contributed by atoms with van der Waals surface area (Å²) < 4.78 is 40.5. The minimum absolute atomic E-state index is 0.0187. The lowest BCUT2D eigenvalue weighted by Gasteiger charge is -2.19. The molecule has 0 atom stereocenters. The highest BCUT2D eigenvalue weighted by atomic mass is 19.1. The summed E-state index contributed by atoms with van der Waals surface area (Å²) in [6.07, 6.45) is 4.44. The molecule has 0 radical (unpaired) electrons. The molecule has 212 valence electrons. The number of rotatable bonds is 11. The van der Waals surface area contributed by atoms with Crippen LogP contribution in [0.1, 0.15) is 60.0 Å². The molecule has 4 rings (SSSR count). The van der Waals surface area contributed by atoms with E-state index >= 15 is 0 Å². The zero-order chi connectivity index (χ0) is 28.8. The van der Waals surface area contributed by atoms with Crippen LogP contribution >= 0.6 is 0 Å². The fourth-order valence-electron chi connectivity index (χ4n) is 4.14. The summed E-state index contributed by atoms with van der Waals surface area (Å²) >= 11 is 0. The van der Waals surface area contributed by atoms with Crippen molar-refractivity contribution in [1.82, 2.24) is 14.9 Å². The third-order valence-corrected chi connectivity index (χ3v) is 6.70. The Hall–Kier alpha value is -4.28. The van der Waals surface area contributed by atoms with Crippen LogP contribution in [0.2, 0.25) is 0 Å². The number of nitrogens with zero attached hydrogens (tertiary/aromatic N) is 3. The van der Waals surface area contributed by atoms with E-state index in [1.54, 1.807) is 20.0 Å². The van der Waals surface area contributed by atoms with Crippen LogP contribution in [0.25, 0.3) is 11.3 Å². The maximum atomic E-state index is 14.8. The summed E-state index contributed by atoms with van der Waals surface area (Å²) in [7, 11) is 1.58. The van der Waals surface area contributed by atoms with Gasteiger partial charge < -0.3 is 25.4 Å². The van der Waals surface area contributed by atoms with Crippen molar-refractivity contribution in [1.29, 1.82) is 0 Å². The first kappa shape index (κ1) is 28.7. The normalized spacial score (nSPS) is 12.6. The van der Waals surface area contributed by atoms with Crippen LogP contribution in [0.15, 0.2) is 36.7 Å². The molecule has 1 fully saturated rings. The molecule has 0 bridgehead atoms. The quantitative estimate of drug-likeness (QED) is 0.293. The number of carbonyl (C=O) groups is 2. The molecular formula is C29H33F2N5O4. The highest BCUT2D eigenvalue weighted by molar-refractivity contribution is 6.05. The Morgan fingerprint density at radius 3 is 2.62 bits per heavy atom. The van der Waals surface area contributed by atoms with Gasteiger partial charge in [-0.1, -0.05) is 19.4 Å². The molecule has 9 nitrogen and oxygen atoms in total. The van der Waals surface area contributed by atoms with Crippen LogP contribution in [0, 0.1) is 18.6 Å². The lowest BCUT2D eigenvalue weighted by atomic mass is 10.0. The number of anilines is 2. The molecular weight excluding hydrogens is 520 g/mol. The van der Waals surface area contributed by atoms with Crippen molar-refractivity contribution in [3.63, 3.8) is 0 Å². The molecule has 1 aromatic heterocycles. The van der Waals surface area contributed by atoms with Crippen molar-refractivity contribution in [2.45, 2.75) is 45.4 Å². The van der Waals surface area contributed by atoms with E-state index in [0.29, 0.717) is 23.7 Å². The number of halogens is 2. The van der Waals surface area contributed by atoms with E-state index in [1.165, 1.54) is 29.4 Å². The minimum atomic E-state index is -0.702. The number of nitrogen functional groups attached to an aromatic ring is 1. The van der Waals surface area contributed by atoms with Crippen LogP contribution in [0.5, 0.6) is 5.75 Å². The predicted molar refractivity (Wildman–Crippen MR) is 147 cm³/mol. The van der Waals surface area contributed by atoms with Gasteiger partial charge >= 0.3 is 6.09 Å². The number of unbranched alkanes of at least 4 members (excludes halogenated alkanes) is 1. The SMILES string of the molecule is CCCCOC(=O)N(C)CCOc1c(N)ncnc1-c1cc(F)cc(NC(=O)c2ccc(C3CC3)cc2F)c1C. The molecule has 1 saturated carbocycles. The third-order valence-electron chi connectivity index (χ3n) is 6.70. The molecule has 1 aliphatic rings. The molecule has 1 aliphatic carbocycles. The first-order chi connectivity index (χ1) is 19.2. The van der Waals surface area contributed by atoms with E-state index in [2.05, 4.69) is 15.3 Å². The van der Waals surface area contributed by atoms with E-state index < -0.39 is 23.6 Å². The minimum Gasteiger partial charge on any atom is -0.486 e. The number of ether oxygens (including phenoxy) is 2. The number of hydrogen-bond donors (Lipinski definition) is 2. The maximum Gasteiger partial charge on any atom is 0.409 e. The van der Waals surface area contributed by atoms with Gasteiger partial charge in [-0.05, 0) is 67.5 Å². The molecule has 1 heterocycles. The molecule has 0 spiro atoms. The molecule has 0 unspecified atom stereocenters. The Morgan fingerprint density at radius 2 is 1.93 bits per heavy atom. The molecule has 2 aromatic carbocycles. The maximum absolute atomic E-state index is 14.8. The largest absolute Gasteiger partial charge is 0.486 e. The van der Waals surface area contributed by atoms with E-state index in [1.807, 2.05) is 6.92 Å². The smallest absolute Gasteiger partial charge is 0.409 e. The van der Waals surface area contributed by atoms with Crippen LogP contribution in [0.3, 0.4) is 0 Å². The van der Waals surface area contributed by atoms with Crippen LogP contribution in [-0.2, 0) is 4.74 Å². The fraction of sp³-hybridized carbons (Fsp3) is 0.379. The van der Waals surface area contributed by atoms with Gasteiger partial charge in [-0.25, -0.2) is 23.5 Å². The predicted octanol–water partition coefficient (Wildman–Crippen LogP) is 5.69. The van der Waals surface area contributed by atoms with Crippen molar-refractivity contribution in [2.75, 3.05) is 37.9 Å². The fourth-order valence-corrected chi connectivity index (χ4v) is 4.14.